The molecule has 0 bridgehead atoms. The minimum Gasteiger partial charge on any atom is -0.391 e. The molecular formula is C16H19F3N4O3S. The van der Waals surface area contributed by atoms with Gasteiger partial charge in [0.05, 0.1) is 17.0 Å². The number of hydrogen-bond donors (Lipinski definition) is 3. The van der Waals surface area contributed by atoms with E-state index in [1.165, 1.54) is 38.1 Å². The van der Waals surface area contributed by atoms with Gasteiger partial charge in [0, 0.05) is 18.1 Å². The molecule has 11 heteroatoms. The van der Waals surface area contributed by atoms with Crippen LogP contribution in [0.1, 0.15) is 19.4 Å². The topological polar surface area (TPSA) is 104 Å². The minimum atomic E-state index is -4.67. The number of nitrogens with zero attached hydrogens (tertiary/aromatic N) is 2. The first-order valence-electron chi connectivity index (χ1n) is 7.84. The zero-order valence-corrected chi connectivity index (χ0v) is 15.6. The minimum absolute atomic E-state index is 0.106. The highest BCUT2D eigenvalue weighted by molar-refractivity contribution is 7.90. The van der Waals surface area contributed by atoms with Crippen molar-refractivity contribution in [3.05, 3.63) is 36.0 Å². The molecule has 1 aromatic carbocycles. The first-order chi connectivity index (χ1) is 12.4. The van der Waals surface area contributed by atoms with Crippen molar-refractivity contribution in [1.29, 1.82) is 0 Å². The number of nitrogens with one attached hydrogen (secondary N) is 2. The maximum Gasteiger partial charge on any atom is 0.421 e. The van der Waals surface area contributed by atoms with Gasteiger partial charge in [-0.3, -0.25) is 0 Å². The van der Waals surface area contributed by atoms with Crippen molar-refractivity contribution in [2.45, 2.75) is 37.1 Å². The van der Waals surface area contributed by atoms with Crippen LogP contribution in [0.2, 0.25) is 0 Å². The number of aromatic nitrogens is 2. The molecule has 2 aromatic rings. The molecular weight excluding hydrogens is 385 g/mol. The van der Waals surface area contributed by atoms with E-state index in [2.05, 4.69) is 20.6 Å². The Morgan fingerprint density at radius 2 is 1.74 bits per heavy atom. The van der Waals surface area contributed by atoms with E-state index in [-0.39, 0.29) is 10.8 Å². The molecule has 1 aromatic heterocycles. The van der Waals surface area contributed by atoms with E-state index < -0.39 is 39.5 Å². The molecule has 0 unspecified atom stereocenters. The van der Waals surface area contributed by atoms with Gasteiger partial charge in [-0.25, -0.2) is 13.4 Å². The number of aliphatic hydroxyl groups excluding tert-OH is 1. The molecule has 148 valence electrons. The standard InChI is InChI=1S/C16H19F3N4O3S/c1-9(10(2)24)21-14-13(16(17,18)19)8-20-15(23-14)22-11-4-6-12(7-5-11)27(3,25)26/h4-10,24H,1-3H3,(H2,20,21,22,23)/t9-,10-/m1/s1. The van der Waals surface area contributed by atoms with E-state index >= 15 is 0 Å². The number of aliphatic hydroxyl groups is 1. The smallest absolute Gasteiger partial charge is 0.391 e. The van der Waals surface area contributed by atoms with E-state index in [0.717, 1.165) is 6.26 Å². The number of hydrogen-bond acceptors (Lipinski definition) is 7. The van der Waals surface area contributed by atoms with Crippen molar-refractivity contribution >= 4 is 27.3 Å². The summed E-state index contributed by atoms with van der Waals surface area (Å²) in [7, 11) is -3.36. The van der Waals surface area contributed by atoms with Crippen LogP contribution in [0.3, 0.4) is 0 Å². The number of sulfone groups is 1. The SMILES string of the molecule is C[C@@H](O)[C@@H](C)Nc1nc(Nc2ccc(S(C)(=O)=O)cc2)ncc1C(F)(F)F. The van der Waals surface area contributed by atoms with Crippen molar-refractivity contribution in [1.82, 2.24) is 9.97 Å². The van der Waals surface area contributed by atoms with Gasteiger partial charge in [0.2, 0.25) is 5.95 Å². The van der Waals surface area contributed by atoms with Crippen LogP contribution in [0, 0.1) is 0 Å². The average Bonchev–Trinajstić information content (AvgIpc) is 2.53. The largest absolute Gasteiger partial charge is 0.421 e. The van der Waals surface area contributed by atoms with Gasteiger partial charge in [-0.05, 0) is 38.1 Å². The highest BCUT2D eigenvalue weighted by atomic mass is 32.2. The van der Waals surface area contributed by atoms with Crippen LogP contribution in [0.5, 0.6) is 0 Å². The van der Waals surface area contributed by atoms with Gasteiger partial charge in [-0.2, -0.15) is 18.2 Å². The second-order valence-corrected chi connectivity index (χ2v) is 8.06. The predicted molar refractivity (Wildman–Crippen MR) is 94.6 cm³/mol. The lowest BCUT2D eigenvalue weighted by molar-refractivity contribution is -0.137. The first kappa shape index (κ1) is 20.9. The van der Waals surface area contributed by atoms with Gasteiger partial charge >= 0.3 is 6.18 Å². The Hall–Kier alpha value is -2.40. The molecule has 3 N–H and O–H groups in total. The summed E-state index contributed by atoms with van der Waals surface area (Å²) in [6, 6.07) is 4.93. The van der Waals surface area contributed by atoms with E-state index in [4.69, 9.17) is 0 Å². The zero-order chi connectivity index (χ0) is 20.4. The summed E-state index contributed by atoms with van der Waals surface area (Å²) < 4.78 is 62.4. The number of halogens is 3. The highest BCUT2D eigenvalue weighted by Crippen LogP contribution is 2.34. The maximum atomic E-state index is 13.2. The van der Waals surface area contributed by atoms with Gasteiger partial charge in [-0.15, -0.1) is 0 Å². The molecule has 27 heavy (non-hydrogen) atoms. The van der Waals surface area contributed by atoms with Gasteiger partial charge < -0.3 is 15.7 Å². The Kier molecular flexibility index (Phi) is 5.95. The van der Waals surface area contributed by atoms with E-state index in [0.29, 0.717) is 11.9 Å². The van der Waals surface area contributed by atoms with Gasteiger partial charge in [0.1, 0.15) is 11.4 Å². The van der Waals surface area contributed by atoms with Crippen LogP contribution >= 0.6 is 0 Å². The number of rotatable bonds is 6. The number of alkyl halides is 3. The third-order valence-electron chi connectivity index (χ3n) is 3.72. The van der Waals surface area contributed by atoms with Crippen LogP contribution in [0.25, 0.3) is 0 Å². The van der Waals surface area contributed by atoms with Crippen molar-refractivity contribution in [3.8, 4) is 0 Å². The summed E-state index contributed by atoms with van der Waals surface area (Å²) in [5.74, 6) is -0.587. The van der Waals surface area contributed by atoms with Crippen molar-refractivity contribution in [2.75, 3.05) is 16.9 Å². The van der Waals surface area contributed by atoms with E-state index in [9.17, 15) is 26.7 Å². The molecule has 0 saturated carbocycles. The normalized spacial score (nSPS) is 14.5. The van der Waals surface area contributed by atoms with Gasteiger partial charge in [0.25, 0.3) is 0 Å². The van der Waals surface area contributed by atoms with Gasteiger partial charge in [0.15, 0.2) is 9.84 Å². The molecule has 1 heterocycles. The summed E-state index contributed by atoms with van der Waals surface area (Å²) in [4.78, 5) is 7.61. The van der Waals surface area contributed by atoms with Crippen LogP contribution in [-0.2, 0) is 16.0 Å². The third-order valence-corrected chi connectivity index (χ3v) is 4.85. The molecule has 0 aliphatic heterocycles. The zero-order valence-electron chi connectivity index (χ0n) is 14.7. The quantitative estimate of drug-likeness (QED) is 0.680. The highest BCUT2D eigenvalue weighted by Gasteiger charge is 2.35. The Balaban J connectivity index is 2.32. The summed E-state index contributed by atoms with van der Waals surface area (Å²) in [6.07, 6.45) is -3.87. The van der Waals surface area contributed by atoms with Crippen molar-refractivity contribution in [2.24, 2.45) is 0 Å². The van der Waals surface area contributed by atoms with Crippen molar-refractivity contribution in [3.63, 3.8) is 0 Å². The lowest BCUT2D eigenvalue weighted by atomic mass is 10.2. The maximum absolute atomic E-state index is 13.2. The molecule has 0 saturated heterocycles. The fraction of sp³-hybridized carbons (Fsp3) is 0.375. The van der Waals surface area contributed by atoms with Crippen LogP contribution in [0.4, 0.5) is 30.6 Å². The summed E-state index contributed by atoms with van der Waals surface area (Å²) in [5, 5.41) is 14.8. The summed E-state index contributed by atoms with van der Waals surface area (Å²) >= 11 is 0. The molecule has 2 rings (SSSR count). The average molecular weight is 404 g/mol. The number of anilines is 3. The molecule has 2 atom stereocenters. The molecule has 7 nitrogen and oxygen atoms in total. The molecule has 0 fully saturated rings. The number of benzene rings is 1. The molecule has 0 aliphatic rings. The lowest BCUT2D eigenvalue weighted by Crippen LogP contribution is -2.29. The van der Waals surface area contributed by atoms with Crippen LogP contribution in [0.15, 0.2) is 35.4 Å². The Morgan fingerprint density at radius 3 is 2.22 bits per heavy atom. The molecule has 0 aliphatic carbocycles. The summed E-state index contributed by atoms with van der Waals surface area (Å²) in [5.41, 5.74) is -0.662. The van der Waals surface area contributed by atoms with E-state index in [1.54, 1.807) is 0 Å². The monoisotopic (exact) mass is 404 g/mol. The second kappa shape index (κ2) is 7.69. The Morgan fingerprint density at radius 1 is 1.15 bits per heavy atom. The Labute approximate surface area is 154 Å². The second-order valence-electron chi connectivity index (χ2n) is 6.05. The fourth-order valence-electron chi connectivity index (χ4n) is 2.01. The summed E-state index contributed by atoms with van der Waals surface area (Å²) in [6.45, 7) is 2.96. The Bertz CT molecular complexity index is 900. The van der Waals surface area contributed by atoms with Crippen molar-refractivity contribution < 1.29 is 26.7 Å². The molecule has 0 radical (unpaired) electrons. The predicted octanol–water partition coefficient (Wildman–Crippen LogP) is 2.82. The van der Waals surface area contributed by atoms with Gasteiger partial charge in [-0.1, -0.05) is 0 Å². The molecule has 0 amide bonds. The fourth-order valence-corrected chi connectivity index (χ4v) is 2.64. The van der Waals surface area contributed by atoms with Crippen LogP contribution < -0.4 is 10.6 Å². The lowest BCUT2D eigenvalue weighted by Gasteiger charge is -2.20. The van der Waals surface area contributed by atoms with Crippen LogP contribution in [-0.4, -0.2) is 41.9 Å². The molecule has 0 spiro atoms. The van der Waals surface area contributed by atoms with E-state index in [1.807, 2.05) is 0 Å². The first-order valence-corrected chi connectivity index (χ1v) is 9.73. The third kappa shape index (κ3) is 5.54.